The zero-order valence-corrected chi connectivity index (χ0v) is 19.5. The Balaban J connectivity index is 1.87. The number of benzene rings is 2. The fraction of sp³-hybridized carbons (Fsp3) is 0.250. The molecule has 13 heteroatoms. The number of hydrogen-bond donors (Lipinski definition) is 3. The van der Waals surface area contributed by atoms with Crippen LogP contribution in [0.25, 0.3) is 11.1 Å². The van der Waals surface area contributed by atoms with Gasteiger partial charge >= 0.3 is 18.4 Å². The summed E-state index contributed by atoms with van der Waals surface area (Å²) in [7, 11) is 2.79. The van der Waals surface area contributed by atoms with E-state index < -0.39 is 54.3 Å². The number of ketones is 1. The molecule has 2 aromatic rings. The molecular weight excluding hydrogens is 499 g/mol. The van der Waals surface area contributed by atoms with Gasteiger partial charge in [0.05, 0.1) is 19.6 Å². The molecule has 3 rings (SSSR count). The molecular formula is C24H22F3N3O7. The summed E-state index contributed by atoms with van der Waals surface area (Å²) in [5.41, 5.74) is 1.16. The van der Waals surface area contributed by atoms with Gasteiger partial charge in [-0.2, -0.15) is 0 Å². The molecule has 1 aliphatic rings. The molecule has 0 fully saturated rings. The summed E-state index contributed by atoms with van der Waals surface area (Å²) in [4.78, 5) is 49.5. The molecule has 1 aliphatic heterocycles. The van der Waals surface area contributed by atoms with Crippen molar-refractivity contribution in [3.8, 4) is 22.6 Å². The van der Waals surface area contributed by atoms with E-state index in [-0.39, 0.29) is 0 Å². The Kier molecular flexibility index (Phi) is 8.05. The number of halogens is 3. The Bertz CT molecular complexity index is 1230. The van der Waals surface area contributed by atoms with Crippen molar-refractivity contribution in [3.63, 3.8) is 0 Å². The van der Waals surface area contributed by atoms with Gasteiger partial charge in [0, 0.05) is 24.9 Å². The fourth-order valence-corrected chi connectivity index (χ4v) is 3.58. The molecule has 0 bridgehead atoms. The van der Waals surface area contributed by atoms with Crippen molar-refractivity contribution in [3.05, 3.63) is 60.3 Å². The lowest BCUT2D eigenvalue weighted by Gasteiger charge is -2.25. The van der Waals surface area contributed by atoms with E-state index in [1.807, 2.05) is 0 Å². The number of carbonyl (C=O) groups excluding carboxylic acids is 3. The largest absolute Gasteiger partial charge is 0.573 e. The number of alkyl halides is 3. The SMILES string of the molecule is COc1ccc(C(CC(=O)O)NC(=O)NC2C(=O)C=CN(C)C2=O)cc1-c1ccc(OC(F)(F)F)cc1. The van der Waals surface area contributed by atoms with Crippen LogP contribution in [0, 0.1) is 0 Å². The van der Waals surface area contributed by atoms with E-state index in [4.69, 9.17) is 4.74 Å². The Morgan fingerprint density at radius 3 is 2.41 bits per heavy atom. The molecule has 1 heterocycles. The first kappa shape index (κ1) is 27.0. The predicted molar refractivity (Wildman–Crippen MR) is 122 cm³/mol. The molecule has 0 radical (unpaired) electrons. The van der Waals surface area contributed by atoms with Crippen molar-refractivity contribution >= 4 is 23.7 Å². The van der Waals surface area contributed by atoms with Crippen molar-refractivity contribution in [2.75, 3.05) is 14.2 Å². The second-order valence-corrected chi connectivity index (χ2v) is 7.90. The van der Waals surface area contributed by atoms with E-state index in [9.17, 15) is 37.5 Å². The number of carboxylic acids is 1. The minimum Gasteiger partial charge on any atom is -0.496 e. The molecule has 0 aromatic heterocycles. The molecule has 10 nitrogen and oxygen atoms in total. The maximum atomic E-state index is 12.6. The van der Waals surface area contributed by atoms with Crippen LogP contribution >= 0.6 is 0 Å². The first-order chi connectivity index (χ1) is 17.4. The normalized spacial score (nSPS) is 16.2. The Morgan fingerprint density at radius 1 is 1.14 bits per heavy atom. The average molecular weight is 521 g/mol. The number of nitrogens with zero attached hydrogens (tertiary/aromatic N) is 1. The zero-order valence-electron chi connectivity index (χ0n) is 19.5. The van der Waals surface area contributed by atoms with Crippen LogP contribution < -0.4 is 20.1 Å². The number of carboxylic acid groups (broad SMARTS) is 1. The summed E-state index contributed by atoms with van der Waals surface area (Å²) >= 11 is 0. The fourth-order valence-electron chi connectivity index (χ4n) is 3.58. The number of urea groups is 1. The third-order valence-corrected chi connectivity index (χ3v) is 5.33. The van der Waals surface area contributed by atoms with Gasteiger partial charge in [0.25, 0.3) is 5.91 Å². The molecule has 3 N–H and O–H groups in total. The van der Waals surface area contributed by atoms with Crippen LogP contribution in [0.1, 0.15) is 18.0 Å². The first-order valence-electron chi connectivity index (χ1n) is 10.7. The van der Waals surface area contributed by atoms with Gasteiger partial charge in [-0.1, -0.05) is 18.2 Å². The lowest BCUT2D eigenvalue weighted by atomic mass is 9.97. The monoisotopic (exact) mass is 521 g/mol. The van der Waals surface area contributed by atoms with Crippen LogP contribution in [0.2, 0.25) is 0 Å². The molecule has 0 saturated heterocycles. The third kappa shape index (κ3) is 6.99. The smallest absolute Gasteiger partial charge is 0.496 e. The van der Waals surface area contributed by atoms with E-state index in [1.54, 1.807) is 0 Å². The minimum absolute atomic E-state index is 0.322. The van der Waals surface area contributed by atoms with E-state index in [0.29, 0.717) is 22.4 Å². The number of carbonyl (C=O) groups is 4. The van der Waals surface area contributed by atoms with Gasteiger partial charge in [-0.3, -0.25) is 14.4 Å². The maximum absolute atomic E-state index is 12.6. The van der Waals surface area contributed by atoms with Crippen LogP contribution in [-0.2, 0) is 14.4 Å². The lowest BCUT2D eigenvalue weighted by molar-refractivity contribution is -0.274. The van der Waals surface area contributed by atoms with Crippen LogP contribution in [-0.4, -0.2) is 60.3 Å². The number of amides is 3. The minimum atomic E-state index is -4.85. The second-order valence-electron chi connectivity index (χ2n) is 7.90. The molecule has 0 spiro atoms. The molecule has 2 atom stereocenters. The Labute approximate surface area is 208 Å². The number of methoxy groups -OCH3 is 1. The summed E-state index contributed by atoms with van der Waals surface area (Å²) in [6.07, 6.45) is -3.02. The number of aliphatic carboxylic acids is 1. The number of hydrogen-bond acceptors (Lipinski definition) is 6. The van der Waals surface area contributed by atoms with Crippen molar-refractivity contribution in [1.29, 1.82) is 0 Å². The third-order valence-electron chi connectivity index (χ3n) is 5.33. The number of ether oxygens (including phenoxy) is 2. The Hall–Kier alpha value is -4.55. The second kappa shape index (κ2) is 11.0. The average Bonchev–Trinajstić information content (AvgIpc) is 2.82. The Morgan fingerprint density at radius 2 is 1.81 bits per heavy atom. The van der Waals surface area contributed by atoms with Crippen molar-refractivity contribution < 1.29 is 46.9 Å². The summed E-state index contributed by atoms with van der Waals surface area (Å²) < 4.78 is 46.6. The van der Waals surface area contributed by atoms with Crippen LogP contribution in [0.3, 0.4) is 0 Å². The summed E-state index contributed by atoms with van der Waals surface area (Å²) in [6.45, 7) is 0. The molecule has 2 aromatic carbocycles. The van der Waals surface area contributed by atoms with Gasteiger partial charge in [0.15, 0.2) is 11.8 Å². The quantitative estimate of drug-likeness (QED) is 0.455. The highest BCUT2D eigenvalue weighted by Crippen LogP contribution is 2.35. The topological polar surface area (TPSA) is 134 Å². The van der Waals surface area contributed by atoms with Gasteiger partial charge in [-0.25, -0.2) is 4.79 Å². The van der Waals surface area contributed by atoms with E-state index in [0.717, 1.165) is 23.1 Å². The molecule has 196 valence electrons. The van der Waals surface area contributed by atoms with Crippen LogP contribution in [0.15, 0.2) is 54.7 Å². The zero-order chi connectivity index (χ0) is 27.3. The van der Waals surface area contributed by atoms with Crippen molar-refractivity contribution in [1.82, 2.24) is 15.5 Å². The highest BCUT2D eigenvalue weighted by Gasteiger charge is 2.33. The van der Waals surface area contributed by atoms with E-state index in [1.165, 1.54) is 50.7 Å². The number of nitrogens with one attached hydrogen (secondary N) is 2. The van der Waals surface area contributed by atoms with E-state index in [2.05, 4.69) is 15.4 Å². The van der Waals surface area contributed by atoms with Gasteiger partial charge in [0.2, 0.25) is 0 Å². The molecule has 3 amide bonds. The van der Waals surface area contributed by atoms with Gasteiger partial charge in [-0.15, -0.1) is 13.2 Å². The van der Waals surface area contributed by atoms with Gasteiger partial charge < -0.3 is 30.1 Å². The first-order valence-corrected chi connectivity index (χ1v) is 10.7. The van der Waals surface area contributed by atoms with Gasteiger partial charge in [-0.05, 0) is 35.4 Å². The maximum Gasteiger partial charge on any atom is 0.573 e. The molecule has 0 aliphatic carbocycles. The highest BCUT2D eigenvalue weighted by molar-refractivity contribution is 6.14. The molecule has 2 unspecified atom stereocenters. The van der Waals surface area contributed by atoms with Gasteiger partial charge in [0.1, 0.15) is 11.5 Å². The number of rotatable bonds is 8. The molecule has 37 heavy (non-hydrogen) atoms. The van der Waals surface area contributed by atoms with Crippen LogP contribution in [0.5, 0.6) is 11.5 Å². The molecule has 0 saturated carbocycles. The number of likely N-dealkylation sites (N-methyl/N-ethyl adjacent to an activating group) is 1. The standard InChI is InChI=1S/C24H22F3N3O7/c1-30-10-9-18(31)21(22(30)34)29-23(35)28-17(12-20(32)33)14-5-8-19(36-2)16(11-14)13-3-6-15(7-4-13)37-24(25,26)27/h3-11,17,21H,12H2,1-2H3,(H,32,33)(H2,28,29,35). The lowest BCUT2D eigenvalue weighted by Crippen LogP contribution is -2.55. The van der Waals surface area contributed by atoms with Crippen LogP contribution in [0.4, 0.5) is 18.0 Å². The van der Waals surface area contributed by atoms with Crippen molar-refractivity contribution in [2.24, 2.45) is 0 Å². The van der Waals surface area contributed by atoms with Crippen molar-refractivity contribution in [2.45, 2.75) is 24.9 Å². The summed E-state index contributed by atoms with van der Waals surface area (Å²) in [5, 5.41) is 14.1. The van der Waals surface area contributed by atoms with E-state index >= 15 is 0 Å². The summed E-state index contributed by atoms with van der Waals surface area (Å²) in [6, 6.07) is 5.95. The summed E-state index contributed by atoms with van der Waals surface area (Å²) in [5.74, 6) is -2.65. The predicted octanol–water partition coefficient (Wildman–Crippen LogP) is 3.00. The highest BCUT2D eigenvalue weighted by atomic mass is 19.4.